The predicted octanol–water partition coefficient (Wildman–Crippen LogP) is 4.15. The zero-order chi connectivity index (χ0) is 18.4. The Labute approximate surface area is 152 Å². The number of hydrogen-bond acceptors (Lipinski definition) is 7. The van der Waals surface area contributed by atoms with Crippen LogP contribution in [0.15, 0.2) is 54.7 Å². The minimum atomic E-state index is 0.144. The van der Waals surface area contributed by atoms with Crippen LogP contribution in [0.4, 0.5) is 23.1 Å². The van der Waals surface area contributed by atoms with Crippen molar-refractivity contribution in [2.24, 2.45) is 0 Å². The molecule has 1 aromatic heterocycles. The maximum Gasteiger partial charge on any atom is 0.249 e. The van der Waals surface area contributed by atoms with Gasteiger partial charge in [-0.1, -0.05) is 6.07 Å². The van der Waals surface area contributed by atoms with Gasteiger partial charge in [0, 0.05) is 17.4 Å². The highest BCUT2D eigenvalue weighted by molar-refractivity contribution is 5.60. The molecular weight excluding hydrogens is 330 g/mol. The summed E-state index contributed by atoms with van der Waals surface area (Å²) in [5, 5.41) is 14.3. The van der Waals surface area contributed by atoms with Crippen LogP contribution in [0.3, 0.4) is 0 Å². The molecule has 7 heteroatoms. The first-order chi connectivity index (χ1) is 12.6. The summed E-state index contributed by atoms with van der Waals surface area (Å²) in [4.78, 5) is 4.42. The molecule has 0 aliphatic rings. The second-order valence-corrected chi connectivity index (χ2v) is 5.84. The van der Waals surface area contributed by atoms with Crippen molar-refractivity contribution in [2.45, 2.75) is 20.0 Å². The molecule has 2 N–H and O–H groups in total. The number of aromatic nitrogens is 3. The number of methoxy groups -OCH3 is 1. The van der Waals surface area contributed by atoms with Gasteiger partial charge in [0.25, 0.3) is 0 Å². The molecule has 0 saturated heterocycles. The fourth-order valence-corrected chi connectivity index (χ4v) is 2.28. The molecule has 2 aromatic carbocycles. The van der Waals surface area contributed by atoms with Gasteiger partial charge in [0.15, 0.2) is 5.82 Å². The quantitative estimate of drug-likeness (QED) is 0.661. The monoisotopic (exact) mass is 351 g/mol. The van der Waals surface area contributed by atoms with E-state index in [2.05, 4.69) is 25.8 Å². The van der Waals surface area contributed by atoms with E-state index in [1.54, 1.807) is 13.3 Å². The van der Waals surface area contributed by atoms with E-state index in [1.807, 2.05) is 62.4 Å². The highest BCUT2D eigenvalue weighted by atomic mass is 16.5. The molecule has 0 bridgehead atoms. The SMILES string of the molecule is COc1cccc(Nc2nncc(Nc3ccc(OC(C)C)cc3)n2)c1. The van der Waals surface area contributed by atoms with Crippen molar-refractivity contribution in [1.82, 2.24) is 15.2 Å². The van der Waals surface area contributed by atoms with Gasteiger partial charge in [-0.3, -0.25) is 0 Å². The minimum absolute atomic E-state index is 0.144. The molecule has 1 heterocycles. The van der Waals surface area contributed by atoms with Crippen molar-refractivity contribution in [3.8, 4) is 11.5 Å². The Balaban J connectivity index is 1.69. The Kier molecular flexibility index (Phi) is 5.48. The van der Waals surface area contributed by atoms with Crippen molar-refractivity contribution in [3.63, 3.8) is 0 Å². The number of nitrogens with one attached hydrogen (secondary N) is 2. The Morgan fingerprint density at radius 1 is 0.923 bits per heavy atom. The van der Waals surface area contributed by atoms with Crippen molar-refractivity contribution in [1.29, 1.82) is 0 Å². The molecular formula is C19H21N5O2. The Bertz CT molecular complexity index is 853. The van der Waals surface area contributed by atoms with E-state index in [0.29, 0.717) is 11.8 Å². The van der Waals surface area contributed by atoms with Crippen molar-refractivity contribution < 1.29 is 9.47 Å². The highest BCUT2D eigenvalue weighted by Gasteiger charge is 2.04. The predicted molar refractivity (Wildman–Crippen MR) is 102 cm³/mol. The lowest BCUT2D eigenvalue weighted by Crippen LogP contribution is -2.05. The maximum atomic E-state index is 5.64. The molecule has 7 nitrogen and oxygen atoms in total. The fraction of sp³-hybridized carbons (Fsp3) is 0.211. The summed E-state index contributed by atoms with van der Waals surface area (Å²) in [5.41, 5.74) is 1.70. The van der Waals surface area contributed by atoms with Crippen molar-refractivity contribution in [3.05, 3.63) is 54.7 Å². The lowest BCUT2D eigenvalue weighted by atomic mass is 10.3. The number of hydrogen-bond donors (Lipinski definition) is 2. The van der Waals surface area contributed by atoms with Crippen LogP contribution in [0.5, 0.6) is 11.5 Å². The summed E-state index contributed by atoms with van der Waals surface area (Å²) in [6.45, 7) is 3.99. The molecule has 3 aromatic rings. The Morgan fingerprint density at radius 3 is 2.46 bits per heavy atom. The molecule has 0 unspecified atom stereocenters. The van der Waals surface area contributed by atoms with Gasteiger partial charge >= 0.3 is 0 Å². The average Bonchev–Trinajstić information content (AvgIpc) is 2.63. The van der Waals surface area contributed by atoms with E-state index in [0.717, 1.165) is 22.9 Å². The van der Waals surface area contributed by atoms with Crippen molar-refractivity contribution in [2.75, 3.05) is 17.7 Å². The molecule has 0 spiro atoms. The Hall–Kier alpha value is -3.35. The summed E-state index contributed by atoms with van der Waals surface area (Å²) in [6, 6.07) is 15.2. The van der Waals surface area contributed by atoms with Gasteiger partial charge in [-0.2, -0.15) is 10.1 Å². The average molecular weight is 351 g/mol. The molecule has 0 atom stereocenters. The maximum absolute atomic E-state index is 5.64. The topological polar surface area (TPSA) is 81.2 Å². The van der Waals surface area contributed by atoms with E-state index in [4.69, 9.17) is 9.47 Å². The van der Waals surface area contributed by atoms with Crippen LogP contribution in [-0.2, 0) is 0 Å². The third-order valence-corrected chi connectivity index (χ3v) is 3.38. The van der Waals surface area contributed by atoms with Gasteiger partial charge < -0.3 is 20.1 Å². The molecule has 0 aliphatic heterocycles. The number of rotatable bonds is 7. The van der Waals surface area contributed by atoms with E-state index >= 15 is 0 Å². The summed E-state index contributed by atoms with van der Waals surface area (Å²) >= 11 is 0. The van der Waals surface area contributed by atoms with E-state index < -0.39 is 0 Å². The lowest BCUT2D eigenvalue weighted by Gasteiger charge is -2.11. The zero-order valence-corrected chi connectivity index (χ0v) is 14.9. The largest absolute Gasteiger partial charge is 0.497 e. The first kappa shape index (κ1) is 17.5. The van der Waals surface area contributed by atoms with Gasteiger partial charge in [-0.25, -0.2) is 0 Å². The van der Waals surface area contributed by atoms with Crippen molar-refractivity contribution >= 4 is 23.1 Å². The second-order valence-electron chi connectivity index (χ2n) is 5.84. The van der Waals surface area contributed by atoms with E-state index in [1.165, 1.54) is 0 Å². The second kappa shape index (κ2) is 8.15. The minimum Gasteiger partial charge on any atom is -0.497 e. The third-order valence-electron chi connectivity index (χ3n) is 3.38. The Morgan fingerprint density at radius 2 is 1.73 bits per heavy atom. The summed E-state index contributed by atoms with van der Waals surface area (Å²) in [5.74, 6) is 2.55. The molecule has 0 saturated carbocycles. The molecule has 26 heavy (non-hydrogen) atoms. The summed E-state index contributed by atoms with van der Waals surface area (Å²) in [7, 11) is 1.62. The van der Waals surface area contributed by atoms with Crippen LogP contribution < -0.4 is 20.1 Å². The first-order valence-electron chi connectivity index (χ1n) is 8.27. The number of ether oxygens (including phenoxy) is 2. The van der Waals surface area contributed by atoms with Crippen LogP contribution in [0, 0.1) is 0 Å². The highest BCUT2D eigenvalue weighted by Crippen LogP contribution is 2.22. The molecule has 3 rings (SSSR count). The zero-order valence-electron chi connectivity index (χ0n) is 14.9. The van der Waals surface area contributed by atoms with Gasteiger partial charge in [0.1, 0.15) is 11.5 Å². The van der Waals surface area contributed by atoms with Crippen LogP contribution >= 0.6 is 0 Å². The third kappa shape index (κ3) is 4.83. The van der Waals surface area contributed by atoms with E-state index in [9.17, 15) is 0 Å². The first-order valence-corrected chi connectivity index (χ1v) is 8.27. The lowest BCUT2D eigenvalue weighted by molar-refractivity contribution is 0.242. The summed E-state index contributed by atoms with van der Waals surface area (Å²) in [6.07, 6.45) is 1.71. The molecule has 0 radical (unpaired) electrons. The van der Waals surface area contributed by atoms with Crippen LogP contribution in [0.25, 0.3) is 0 Å². The van der Waals surface area contributed by atoms with Gasteiger partial charge in [-0.05, 0) is 50.2 Å². The van der Waals surface area contributed by atoms with Crippen LogP contribution in [0.2, 0.25) is 0 Å². The smallest absolute Gasteiger partial charge is 0.249 e. The molecule has 134 valence electrons. The molecule has 0 fully saturated rings. The number of anilines is 4. The van der Waals surface area contributed by atoms with Crippen LogP contribution in [-0.4, -0.2) is 28.4 Å². The van der Waals surface area contributed by atoms with Gasteiger partial charge in [0.2, 0.25) is 5.95 Å². The van der Waals surface area contributed by atoms with Gasteiger partial charge in [-0.15, -0.1) is 5.10 Å². The number of nitrogens with zero attached hydrogens (tertiary/aromatic N) is 3. The molecule has 0 aliphatic carbocycles. The number of benzene rings is 2. The van der Waals surface area contributed by atoms with E-state index in [-0.39, 0.29) is 6.10 Å². The standard InChI is InChI=1S/C19H21N5O2/c1-13(2)26-16-9-7-14(8-10-16)21-18-12-20-24-19(23-18)22-15-5-4-6-17(11-15)25-3/h4-13H,1-3H3,(H2,21,22,23,24). The summed E-state index contributed by atoms with van der Waals surface area (Å²) < 4.78 is 10.8. The van der Waals surface area contributed by atoms with Crippen LogP contribution in [0.1, 0.15) is 13.8 Å². The normalized spacial score (nSPS) is 10.5. The molecule has 0 amide bonds. The van der Waals surface area contributed by atoms with Gasteiger partial charge in [0.05, 0.1) is 19.4 Å². The fourth-order valence-electron chi connectivity index (χ4n) is 2.28.